The largest absolute Gasteiger partial charge is 0.388 e. The van der Waals surface area contributed by atoms with Gasteiger partial charge in [-0.1, -0.05) is 19.1 Å². The van der Waals surface area contributed by atoms with Crippen LogP contribution in [0.2, 0.25) is 0 Å². The molecule has 0 unspecified atom stereocenters. The van der Waals surface area contributed by atoms with Crippen molar-refractivity contribution >= 4 is 17.7 Å². The highest BCUT2D eigenvalue weighted by Crippen LogP contribution is 2.40. The quantitative estimate of drug-likeness (QED) is 0.526. The summed E-state index contributed by atoms with van der Waals surface area (Å²) in [5, 5.41) is 3.00. The van der Waals surface area contributed by atoms with E-state index in [9.17, 15) is 9.59 Å². The number of fused-ring (bicyclic) bond motifs is 1. The lowest BCUT2D eigenvalue weighted by atomic mass is 9.85. The number of rotatable bonds is 6. The molecule has 3 aromatic rings. The lowest BCUT2D eigenvalue weighted by molar-refractivity contribution is 0.0597. The second-order valence-corrected chi connectivity index (χ2v) is 10.5. The van der Waals surface area contributed by atoms with Crippen LogP contribution in [0.1, 0.15) is 52.9 Å². The first-order valence-electron chi connectivity index (χ1n) is 13.0. The molecule has 2 aromatic heterocycles. The first-order valence-corrected chi connectivity index (χ1v) is 13.0. The van der Waals surface area contributed by atoms with Crippen LogP contribution in [0.5, 0.6) is 0 Å². The van der Waals surface area contributed by atoms with E-state index in [1.54, 1.807) is 68.4 Å². The number of carbonyl (C=O) groups excluding carboxylic acids is 1. The van der Waals surface area contributed by atoms with Crippen molar-refractivity contribution in [2.75, 3.05) is 46.1 Å². The van der Waals surface area contributed by atoms with Gasteiger partial charge in [0.05, 0.1) is 11.4 Å². The Morgan fingerprint density at radius 2 is 1.87 bits per heavy atom. The van der Waals surface area contributed by atoms with Crippen LogP contribution in [0.4, 0.5) is 10.1 Å². The van der Waals surface area contributed by atoms with E-state index in [-0.39, 0.29) is 17.4 Å². The van der Waals surface area contributed by atoms with Gasteiger partial charge in [-0.15, -0.1) is 0 Å². The highest BCUT2D eigenvalue weighted by molar-refractivity contribution is 5.93. The van der Waals surface area contributed by atoms with Crippen molar-refractivity contribution in [1.29, 1.82) is 0 Å². The fourth-order valence-electron chi connectivity index (χ4n) is 5.47. The first kappa shape index (κ1) is 25.9. The lowest BCUT2D eigenvalue weighted by Crippen LogP contribution is -2.41. The van der Waals surface area contributed by atoms with Crippen molar-refractivity contribution in [2.24, 2.45) is 0 Å². The van der Waals surface area contributed by atoms with Crippen LogP contribution in [0.15, 0.2) is 65.2 Å². The van der Waals surface area contributed by atoms with Gasteiger partial charge in [0.2, 0.25) is 0 Å². The van der Waals surface area contributed by atoms with Gasteiger partial charge >= 0.3 is 0 Å². The van der Waals surface area contributed by atoms with Gasteiger partial charge in [-0.05, 0) is 54.3 Å². The summed E-state index contributed by atoms with van der Waals surface area (Å²) >= 11 is 0. The summed E-state index contributed by atoms with van der Waals surface area (Å²) < 4.78 is 17.6. The number of halogens is 1. The van der Waals surface area contributed by atoms with E-state index in [1.807, 2.05) is 12.1 Å². The molecular formula is C30H34FN5O2. The second-order valence-electron chi connectivity index (χ2n) is 10.5. The van der Waals surface area contributed by atoms with Crippen LogP contribution < -0.4 is 10.9 Å². The molecule has 1 atom stereocenters. The zero-order valence-corrected chi connectivity index (χ0v) is 22.4. The molecule has 1 fully saturated rings. The number of amides is 1. The molecule has 5 rings (SSSR count). The van der Waals surface area contributed by atoms with Gasteiger partial charge in [-0.3, -0.25) is 24.0 Å². The van der Waals surface area contributed by atoms with Gasteiger partial charge in [0, 0.05) is 82.0 Å². The van der Waals surface area contributed by atoms with Crippen molar-refractivity contribution < 1.29 is 9.18 Å². The maximum absolute atomic E-state index is 15.9. The van der Waals surface area contributed by atoms with Crippen LogP contribution in [-0.2, 0) is 5.67 Å². The Bertz CT molecular complexity index is 1440. The Hall–Kier alpha value is -3.78. The first-order chi connectivity index (χ1) is 18.2. The number of anilines is 1. The van der Waals surface area contributed by atoms with Crippen LogP contribution >= 0.6 is 0 Å². The Balaban J connectivity index is 1.29. The Kier molecular flexibility index (Phi) is 6.92. The summed E-state index contributed by atoms with van der Waals surface area (Å²) in [5.74, 6) is 0.0350. The molecule has 8 heteroatoms. The molecule has 1 saturated heterocycles. The molecule has 1 amide bonds. The lowest BCUT2D eigenvalue weighted by Gasteiger charge is -2.37. The van der Waals surface area contributed by atoms with E-state index in [2.05, 4.69) is 28.2 Å². The van der Waals surface area contributed by atoms with Crippen molar-refractivity contribution in [1.82, 2.24) is 19.4 Å². The third-order valence-corrected chi connectivity index (χ3v) is 7.87. The van der Waals surface area contributed by atoms with E-state index in [1.165, 1.54) is 10.5 Å². The molecule has 0 saturated carbocycles. The Labute approximate surface area is 222 Å². The molecule has 3 heterocycles. The van der Waals surface area contributed by atoms with Gasteiger partial charge in [-0.25, -0.2) is 4.39 Å². The third-order valence-electron chi connectivity index (χ3n) is 7.87. The van der Waals surface area contributed by atoms with Crippen molar-refractivity contribution in [2.45, 2.75) is 31.4 Å². The summed E-state index contributed by atoms with van der Waals surface area (Å²) in [6, 6.07) is 12.3. The molecule has 1 aliphatic carbocycles. The average Bonchev–Trinajstić information content (AvgIpc) is 3.24. The molecule has 0 spiro atoms. The molecule has 198 valence electrons. The zero-order valence-electron chi connectivity index (χ0n) is 22.4. The molecule has 1 aromatic carbocycles. The number of hydrogen-bond acceptors (Lipinski definition) is 5. The summed E-state index contributed by atoms with van der Waals surface area (Å²) in [7, 11) is 5.21. The number of alkyl halides is 1. The number of benzene rings is 1. The van der Waals surface area contributed by atoms with E-state index in [0.717, 1.165) is 29.2 Å². The van der Waals surface area contributed by atoms with E-state index >= 15 is 4.39 Å². The molecule has 38 heavy (non-hydrogen) atoms. The molecule has 7 nitrogen and oxygen atoms in total. The highest BCUT2D eigenvalue weighted by atomic mass is 19.1. The molecule has 0 radical (unpaired) electrons. The van der Waals surface area contributed by atoms with Crippen molar-refractivity contribution in [3.05, 3.63) is 93.2 Å². The van der Waals surface area contributed by atoms with Crippen molar-refractivity contribution in [3.63, 3.8) is 0 Å². The van der Waals surface area contributed by atoms with E-state index in [0.29, 0.717) is 37.1 Å². The van der Waals surface area contributed by atoms with Crippen molar-refractivity contribution in [3.8, 4) is 5.69 Å². The molecule has 1 aliphatic heterocycles. The predicted molar refractivity (Wildman–Crippen MR) is 149 cm³/mol. The minimum atomic E-state index is -1.40. The zero-order chi connectivity index (χ0) is 27.0. The standard InChI is InChI=1S/C30H34FN5O2/c1-20-22(17-25-26(9-13-33-28(20)25)36-14-10-24(32-2)18-27(36)37)19-35-15-11-30(31,12-16-35)23-7-5-21(6-8-23)29(38)34(3)4/h5-10,13-14,17-18,20,32H,11-12,15-16,19H2,1-4H3/t20-/m1/s1. The average molecular weight is 516 g/mol. The van der Waals surface area contributed by atoms with Gasteiger partial charge < -0.3 is 10.2 Å². The Morgan fingerprint density at radius 1 is 1.16 bits per heavy atom. The monoisotopic (exact) mass is 515 g/mol. The minimum Gasteiger partial charge on any atom is -0.388 e. The minimum absolute atomic E-state index is 0.0864. The maximum Gasteiger partial charge on any atom is 0.257 e. The summed E-state index contributed by atoms with van der Waals surface area (Å²) in [6.07, 6.45) is 6.50. The number of nitrogens with zero attached hydrogens (tertiary/aromatic N) is 4. The topological polar surface area (TPSA) is 70.5 Å². The Morgan fingerprint density at radius 3 is 2.50 bits per heavy atom. The van der Waals surface area contributed by atoms with E-state index in [4.69, 9.17) is 0 Å². The second kappa shape index (κ2) is 10.2. The number of nitrogens with one attached hydrogen (secondary N) is 1. The van der Waals surface area contributed by atoms with Gasteiger partial charge in [-0.2, -0.15) is 0 Å². The number of likely N-dealkylation sites (tertiary alicyclic amines) is 1. The van der Waals surface area contributed by atoms with Crippen LogP contribution in [-0.4, -0.2) is 66.0 Å². The van der Waals surface area contributed by atoms with Gasteiger partial charge in [0.25, 0.3) is 11.5 Å². The number of carbonyl (C=O) groups is 1. The summed E-state index contributed by atoms with van der Waals surface area (Å²) in [5.41, 5.74) is 4.45. The fraction of sp³-hybridized carbons (Fsp3) is 0.367. The normalized spacial score (nSPS) is 18.6. The maximum atomic E-state index is 15.9. The van der Waals surface area contributed by atoms with E-state index < -0.39 is 5.67 Å². The summed E-state index contributed by atoms with van der Waals surface area (Å²) in [4.78, 5) is 33.4. The van der Waals surface area contributed by atoms with Gasteiger partial charge in [0.1, 0.15) is 5.67 Å². The number of aromatic nitrogens is 2. The number of pyridine rings is 2. The molecule has 0 bridgehead atoms. The van der Waals surface area contributed by atoms with Crippen LogP contribution in [0, 0.1) is 0 Å². The number of piperidine rings is 1. The highest BCUT2D eigenvalue weighted by Gasteiger charge is 2.37. The predicted octanol–water partition coefficient (Wildman–Crippen LogP) is 4.44. The fourth-order valence-corrected chi connectivity index (χ4v) is 5.47. The molecule has 1 N–H and O–H groups in total. The smallest absolute Gasteiger partial charge is 0.257 e. The number of hydrogen-bond donors (Lipinski definition) is 1. The summed E-state index contributed by atoms with van der Waals surface area (Å²) in [6.45, 7) is 4.15. The van der Waals surface area contributed by atoms with Crippen LogP contribution in [0.25, 0.3) is 11.8 Å². The molecule has 2 aliphatic rings. The molecular weight excluding hydrogens is 481 g/mol. The SMILES string of the molecule is CNc1ccn(-c2ccnc3c2C=C(CN2CCC(F)(c4ccc(C(=O)N(C)C)cc4)CC2)[C@H]3C)c(=O)c1. The third kappa shape index (κ3) is 4.76. The van der Waals surface area contributed by atoms with Gasteiger partial charge in [0.15, 0.2) is 0 Å². The van der Waals surface area contributed by atoms with Crippen LogP contribution in [0.3, 0.4) is 0 Å².